The van der Waals surface area contributed by atoms with E-state index < -0.39 is 80.3 Å². The Bertz CT molecular complexity index is 928. The third-order valence-corrected chi connectivity index (χ3v) is 8.32. The first-order valence-electron chi connectivity index (χ1n) is 15.7. The van der Waals surface area contributed by atoms with Gasteiger partial charge in [0.25, 0.3) is 0 Å². The van der Waals surface area contributed by atoms with E-state index in [1.165, 1.54) is 44.9 Å². The smallest absolute Gasteiger partial charge is 0.460 e. The molecule has 43 heavy (non-hydrogen) atoms. The highest BCUT2D eigenvalue weighted by atomic mass is 31.2. The molecule has 13 nitrogen and oxygen atoms in total. The number of unbranched alkanes of at least 4 members (excludes halogenated alkanes) is 10. The SMILES string of the molecule is CCCCCCCCCCCCCC1OC(=O)C(CO)NC(=O)C([C@@H](C)OP(=O)(O)O)NC(=O)[C@H](C(C)C)NC(=O)[C@H]1C. The summed E-state index contributed by atoms with van der Waals surface area (Å²) >= 11 is 0. The second-order valence-electron chi connectivity index (χ2n) is 11.8. The van der Waals surface area contributed by atoms with Crippen LogP contribution in [-0.2, 0) is 33.0 Å². The first-order valence-corrected chi connectivity index (χ1v) is 17.2. The fourth-order valence-corrected chi connectivity index (χ4v) is 5.55. The topological polar surface area (TPSA) is 201 Å². The van der Waals surface area contributed by atoms with E-state index >= 15 is 0 Å². The van der Waals surface area contributed by atoms with Gasteiger partial charge in [-0.25, -0.2) is 9.36 Å². The fourth-order valence-electron chi connectivity index (χ4n) is 5.00. The van der Waals surface area contributed by atoms with Crippen LogP contribution in [0.2, 0.25) is 0 Å². The van der Waals surface area contributed by atoms with Crippen LogP contribution in [-0.4, -0.2) is 75.5 Å². The van der Waals surface area contributed by atoms with Crippen molar-refractivity contribution >= 4 is 31.5 Å². The summed E-state index contributed by atoms with van der Waals surface area (Å²) in [6.07, 6.45) is 10.4. The van der Waals surface area contributed by atoms with Gasteiger partial charge in [0, 0.05) is 0 Å². The molecule has 0 bridgehead atoms. The normalized spacial score (nSPS) is 25.1. The predicted octanol–water partition coefficient (Wildman–Crippen LogP) is 2.85. The molecule has 0 aliphatic carbocycles. The van der Waals surface area contributed by atoms with E-state index in [0.29, 0.717) is 12.8 Å². The highest BCUT2D eigenvalue weighted by Crippen LogP contribution is 2.38. The third-order valence-electron chi connectivity index (χ3n) is 7.71. The Labute approximate surface area is 255 Å². The maximum atomic E-state index is 13.3. The molecule has 1 fully saturated rings. The molecule has 3 amide bonds. The van der Waals surface area contributed by atoms with Gasteiger partial charge in [0.15, 0.2) is 6.04 Å². The molecule has 1 aliphatic rings. The van der Waals surface area contributed by atoms with Gasteiger partial charge in [-0.3, -0.25) is 18.9 Å². The molecule has 3 unspecified atom stereocenters. The number of aliphatic hydroxyl groups excluding tert-OH is 1. The van der Waals surface area contributed by atoms with E-state index in [4.69, 9.17) is 4.74 Å². The minimum atomic E-state index is -5.07. The summed E-state index contributed by atoms with van der Waals surface area (Å²) in [5, 5.41) is 17.2. The van der Waals surface area contributed by atoms with Crippen molar-refractivity contribution in [2.24, 2.45) is 11.8 Å². The molecule has 0 saturated carbocycles. The highest BCUT2D eigenvalue weighted by Gasteiger charge is 2.39. The molecule has 0 spiro atoms. The molecular formula is C29H54N3O10P. The first-order chi connectivity index (χ1) is 20.2. The number of phosphoric acid groups is 1. The molecule has 0 aromatic heterocycles. The van der Waals surface area contributed by atoms with Gasteiger partial charge in [-0.1, -0.05) is 91.9 Å². The van der Waals surface area contributed by atoms with Crippen molar-refractivity contribution in [3.8, 4) is 0 Å². The Balaban J connectivity index is 3.02. The van der Waals surface area contributed by atoms with Crippen molar-refractivity contribution in [2.75, 3.05) is 6.61 Å². The summed E-state index contributed by atoms with van der Waals surface area (Å²) in [5.74, 6) is -4.61. The number of esters is 1. The standard InChI is InChI=1S/C29H54N3O10P/c1-6-7-8-9-10-11-12-13-14-15-16-17-23-20(4)26(34)31-24(19(2)3)27(35)32-25(21(5)42-43(38,39)40)28(36)30-22(18-33)29(37)41-23/h19-25,33H,6-18H2,1-5H3,(H,30,36)(H,31,34)(H,32,35)(H2,38,39,40)/t20-,21+,22?,23?,24-,25?/m0/s1. The summed E-state index contributed by atoms with van der Waals surface area (Å²) in [4.78, 5) is 71.1. The maximum Gasteiger partial charge on any atom is 0.469 e. The molecule has 6 N–H and O–H groups in total. The molecule has 14 heteroatoms. The van der Waals surface area contributed by atoms with Crippen LogP contribution < -0.4 is 16.0 Å². The lowest BCUT2D eigenvalue weighted by atomic mass is 9.95. The lowest BCUT2D eigenvalue weighted by molar-refractivity contribution is -0.159. The second-order valence-corrected chi connectivity index (χ2v) is 13.0. The van der Waals surface area contributed by atoms with Gasteiger partial charge in [-0.2, -0.15) is 0 Å². The number of rotatable bonds is 17. The molecule has 1 rings (SSSR count). The lowest BCUT2D eigenvalue weighted by Gasteiger charge is -2.29. The summed E-state index contributed by atoms with van der Waals surface area (Å²) in [6.45, 7) is 7.46. The van der Waals surface area contributed by atoms with E-state index in [0.717, 1.165) is 26.2 Å². The quantitative estimate of drug-likeness (QED) is 0.0784. The average molecular weight is 636 g/mol. The molecule has 1 heterocycles. The van der Waals surface area contributed by atoms with E-state index in [1.54, 1.807) is 20.8 Å². The average Bonchev–Trinajstić information content (AvgIpc) is 2.93. The molecule has 1 saturated heterocycles. The largest absolute Gasteiger partial charge is 0.469 e. The van der Waals surface area contributed by atoms with Gasteiger partial charge in [-0.05, 0) is 25.7 Å². The van der Waals surface area contributed by atoms with Crippen molar-refractivity contribution in [3.05, 3.63) is 0 Å². The zero-order valence-corrected chi connectivity index (χ0v) is 27.3. The lowest BCUT2D eigenvalue weighted by Crippen LogP contribution is -2.60. The number of carbonyl (C=O) groups is 4. The van der Waals surface area contributed by atoms with Crippen LogP contribution in [0.1, 0.15) is 112 Å². The number of carbonyl (C=O) groups excluding carboxylic acids is 4. The Kier molecular flexibility index (Phi) is 18.2. The number of aliphatic hydroxyl groups is 1. The maximum absolute atomic E-state index is 13.3. The summed E-state index contributed by atoms with van der Waals surface area (Å²) in [5.41, 5.74) is 0. The number of amides is 3. The van der Waals surface area contributed by atoms with E-state index in [1.807, 2.05) is 0 Å². The monoisotopic (exact) mass is 635 g/mol. The van der Waals surface area contributed by atoms with Gasteiger partial charge in [0.2, 0.25) is 17.7 Å². The van der Waals surface area contributed by atoms with E-state index in [9.17, 15) is 38.6 Å². The van der Waals surface area contributed by atoms with Crippen LogP contribution in [0.25, 0.3) is 0 Å². The van der Waals surface area contributed by atoms with Crippen LogP contribution >= 0.6 is 7.82 Å². The van der Waals surface area contributed by atoms with Crippen molar-refractivity contribution in [2.45, 2.75) is 142 Å². The molecular weight excluding hydrogens is 581 g/mol. The molecule has 250 valence electrons. The van der Waals surface area contributed by atoms with Crippen molar-refractivity contribution < 1.29 is 47.9 Å². The molecule has 0 aromatic carbocycles. The van der Waals surface area contributed by atoms with Crippen molar-refractivity contribution in [1.82, 2.24) is 16.0 Å². The van der Waals surface area contributed by atoms with Crippen LogP contribution in [0.4, 0.5) is 0 Å². The van der Waals surface area contributed by atoms with Gasteiger partial charge >= 0.3 is 13.8 Å². The Hall–Kier alpha value is -2.05. The molecule has 0 aromatic rings. The molecule has 0 radical (unpaired) electrons. The van der Waals surface area contributed by atoms with Gasteiger partial charge in [0.05, 0.1) is 18.6 Å². The number of hydrogen-bond acceptors (Lipinski definition) is 8. The van der Waals surface area contributed by atoms with Crippen molar-refractivity contribution in [1.29, 1.82) is 0 Å². The van der Waals surface area contributed by atoms with Crippen LogP contribution in [0, 0.1) is 11.8 Å². The summed E-state index contributed by atoms with van der Waals surface area (Å²) < 4.78 is 21.7. The predicted molar refractivity (Wildman–Crippen MR) is 160 cm³/mol. The fraction of sp³-hybridized carbons (Fsp3) is 0.862. The van der Waals surface area contributed by atoms with Crippen LogP contribution in [0.3, 0.4) is 0 Å². The van der Waals surface area contributed by atoms with Crippen molar-refractivity contribution in [3.63, 3.8) is 0 Å². The van der Waals surface area contributed by atoms with E-state index in [2.05, 4.69) is 27.4 Å². The third kappa shape index (κ3) is 15.0. The molecule has 6 atom stereocenters. The van der Waals surface area contributed by atoms with Crippen LogP contribution in [0.15, 0.2) is 0 Å². The zero-order valence-electron chi connectivity index (χ0n) is 26.4. The number of hydrogen-bond donors (Lipinski definition) is 6. The van der Waals surface area contributed by atoms with Crippen LogP contribution in [0.5, 0.6) is 0 Å². The minimum absolute atomic E-state index is 0.373. The van der Waals surface area contributed by atoms with E-state index in [-0.39, 0.29) is 0 Å². The number of ether oxygens (including phenoxy) is 1. The molecule has 1 aliphatic heterocycles. The zero-order chi connectivity index (χ0) is 32.6. The van der Waals surface area contributed by atoms with Gasteiger partial charge in [-0.15, -0.1) is 0 Å². The summed E-state index contributed by atoms with van der Waals surface area (Å²) in [7, 11) is -5.07. The summed E-state index contributed by atoms with van der Waals surface area (Å²) in [6, 6.07) is -4.34. The Morgan fingerprint density at radius 1 is 0.791 bits per heavy atom. The number of nitrogens with one attached hydrogen (secondary N) is 3. The minimum Gasteiger partial charge on any atom is -0.460 e. The van der Waals surface area contributed by atoms with Gasteiger partial charge < -0.3 is 35.6 Å². The first kappa shape index (κ1) is 39.0. The number of cyclic esters (lactones) is 1. The number of phosphoric ester groups is 1. The van der Waals surface area contributed by atoms with Gasteiger partial charge in [0.1, 0.15) is 18.2 Å². The Morgan fingerprint density at radius 2 is 1.28 bits per heavy atom. The highest BCUT2D eigenvalue weighted by molar-refractivity contribution is 7.46. The second kappa shape index (κ2) is 20.1. The Morgan fingerprint density at radius 3 is 1.77 bits per heavy atom.